The Bertz CT molecular complexity index is 803. The van der Waals surface area contributed by atoms with E-state index in [1.807, 2.05) is 0 Å². The summed E-state index contributed by atoms with van der Waals surface area (Å²) >= 11 is 5.14. The molecule has 156 valence electrons. The van der Waals surface area contributed by atoms with Crippen molar-refractivity contribution in [1.29, 1.82) is 0 Å². The predicted molar refractivity (Wildman–Crippen MR) is 114 cm³/mol. The number of nitrogens with zero attached hydrogens (tertiary/aromatic N) is 1. The van der Waals surface area contributed by atoms with Crippen molar-refractivity contribution in [2.24, 2.45) is 5.92 Å². The molecular weight excluding hydrogens is 396 g/mol. The Morgan fingerprint density at radius 2 is 1.86 bits per heavy atom. The van der Waals surface area contributed by atoms with Crippen LogP contribution in [0.2, 0.25) is 0 Å². The third-order valence-corrected chi connectivity index (χ3v) is 6.84. The molecule has 9 heteroatoms. The summed E-state index contributed by atoms with van der Waals surface area (Å²) < 4.78 is 27.2. The van der Waals surface area contributed by atoms with Gasteiger partial charge in [-0.1, -0.05) is 26.3 Å². The predicted octanol–water partition coefficient (Wildman–Crippen LogP) is 2.32. The Morgan fingerprint density at radius 1 is 1.18 bits per heavy atom. The monoisotopic (exact) mass is 426 g/mol. The molecule has 1 amide bonds. The van der Waals surface area contributed by atoms with Crippen molar-refractivity contribution >= 4 is 33.3 Å². The Kier molecular flexibility index (Phi) is 8.21. The number of thiocarbonyl (C=S) groups is 1. The number of aryl methyl sites for hydroxylation is 1. The summed E-state index contributed by atoms with van der Waals surface area (Å²) in [6, 6.07) is 4.65. The third-order valence-electron chi connectivity index (χ3n) is 4.70. The van der Waals surface area contributed by atoms with Gasteiger partial charge in [0, 0.05) is 25.2 Å². The lowest BCUT2D eigenvalue weighted by molar-refractivity contribution is 0.0943. The van der Waals surface area contributed by atoms with E-state index in [0.29, 0.717) is 41.8 Å². The van der Waals surface area contributed by atoms with E-state index in [2.05, 4.69) is 30.0 Å². The number of hydrazine groups is 1. The molecule has 0 spiro atoms. The maximum Gasteiger partial charge on any atom is 0.269 e. The van der Waals surface area contributed by atoms with E-state index in [4.69, 9.17) is 12.2 Å². The fraction of sp³-hybridized carbons (Fsp3) is 0.579. The third kappa shape index (κ3) is 6.15. The topological polar surface area (TPSA) is 90.5 Å². The molecular formula is C19H30N4O3S2. The van der Waals surface area contributed by atoms with Gasteiger partial charge in [0.05, 0.1) is 4.90 Å². The Hall–Kier alpha value is -1.71. The number of hydrogen-bond donors (Lipinski definition) is 3. The standard InChI is InChI=1S/C19H30N4O3S2/c1-14(2)9-10-20-19(27)22-21-18(24)17-13-16(8-7-15(17)3)28(25,26)23-11-5-4-6-12-23/h7-8,13-14H,4-6,9-12H2,1-3H3,(H,21,24)(H2,20,22,27). The van der Waals surface area contributed by atoms with Gasteiger partial charge in [-0.15, -0.1) is 0 Å². The zero-order chi connectivity index (χ0) is 20.7. The molecule has 1 saturated heterocycles. The molecule has 28 heavy (non-hydrogen) atoms. The molecule has 0 bridgehead atoms. The highest BCUT2D eigenvalue weighted by molar-refractivity contribution is 7.89. The summed E-state index contributed by atoms with van der Waals surface area (Å²) in [6.07, 6.45) is 3.74. The maximum atomic E-state index is 12.9. The number of carbonyl (C=O) groups excluding carboxylic acids is 1. The van der Waals surface area contributed by atoms with Crippen molar-refractivity contribution in [3.05, 3.63) is 29.3 Å². The van der Waals surface area contributed by atoms with E-state index < -0.39 is 15.9 Å². The number of hydrogen-bond acceptors (Lipinski definition) is 4. The first-order chi connectivity index (χ1) is 13.2. The van der Waals surface area contributed by atoms with Crippen LogP contribution >= 0.6 is 12.2 Å². The Labute approximate surface area is 173 Å². The summed E-state index contributed by atoms with van der Waals surface area (Å²) in [6.45, 7) is 7.76. The summed E-state index contributed by atoms with van der Waals surface area (Å²) in [5.74, 6) is 0.123. The molecule has 2 rings (SSSR count). The molecule has 0 aromatic heterocycles. The van der Waals surface area contributed by atoms with E-state index in [1.165, 1.54) is 10.4 Å². The second kappa shape index (κ2) is 10.2. The van der Waals surface area contributed by atoms with Crippen LogP contribution in [0.25, 0.3) is 0 Å². The number of amides is 1. The first-order valence-electron chi connectivity index (χ1n) is 9.67. The van der Waals surface area contributed by atoms with Crippen LogP contribution in [0.15, 0.2) is 23.1 Å². The highest BCUT2D eigenvalue weighted by Gasteiger charge is 2.27. The summed E-state index contributed by atoms with van der Waals surface area (Å²) in [5, 5.41) is 3.34. The minimum atomic E-state index is -3.59. The average Bonchev–Trinajstić information content (AvgIpc) is 2.66. The Morgan fingerprint density at radius 3 is 2.50 bits per heavy atom. The molecule has 3 N–H and O–H groups in total. The largest absolute Gasteiger partial charge is 0.361 e. The normalized spacial score (nSPS) is 15.3. The molecule has 1 aromatic carbocycles. The van der Waals surface area contributed by atoms with Crippen molar-refractivity contribution in [3.63, 3.8) is 0 Å². The number of benzene rings is 1. The van der Waals surface area contributed by atoms with Gasteiger partial charge in [-0.3, -0.25) is 15.6 Å². The van der Waals surface area contributed by atoms with Gasteiger partial charge in [0.25, 0.3) is 5.91 Å². The van der Waals surface area contributed by atoms with Crippen LogP contribution < -0.4 is 16.2 Å². The van der Waals surface area contributed by atoms with Crippen LogP contribution in [0.3, 0.4) is 0 Å². The smallest absolute Gasteiger partial charge is 0.269 e. The van der Waals surface area contributed by atoms with Crippen molar-refractivity contribution in [1.82, 2.24) is 20.5 Å². The fourth-order valence-corrected chi connectivity index (χ4v) is 4.66. The van der Waals surface area contributed by atoms with Crippen LogP contribution in [-0.2, 0) is 10.0 Å². The molecule has 0 aliphatic carbocycles. The average molecular weight is 427 g/mol. The molecule has 1 fully saturated rings. The SMILES string of the molecule is Cc1ccc(S(=O)(=O)N2CCCCC2)cc1C(=O)NNC(=S)NCCC(C)C. The first kappa shape index (κ1) is 22.6. The number of sulfonamides is 1. The minimum absolute atomic E-state index is 0.141. The molecule has 1 aliphatic heterocycles. The molecule has 0 unspecified atom stereocenters. The van der Waals surface area contributed by atoms with Crippen LogP contribution in [-0.4, -0.2) is 43.4 Å². The van der Waals surface area contributed by atoms with Gasteiger partial charge >= 0.3 is 0 Å². The molecule has 0 radical (unpaired) electrons. The second-order valence-corrected chi connectivity index (χ2v) is 9.81. The fourth-order valence-electron chi connectivity index (χ4n) is 2.96. The maximum absolute atomic E-state index is 12.9. The number of carbonyl (C=O) groups is 1. The van der Waals surface area contributed by atoms with Crippen LogP contribution in [0.5, 0.6) is 0 Å². The van der Waals surface area contributed by atoms with E-state index in [0.717, 1.165) is 25.7 Å². The second-order valence-electron chi connectivity index (χ2n) is 7.46. The minimum Gasteiger partial charge on any atom is -0.361 e. The van der Waals surface area contributed by atoms with Gasteiger partial charge in [-0.25, -0.2) is 8.42 Å². The van der Waals surface area contributed by atoms with Gasteiger partial charge in [0.1, 0.15) is 0 Å². The molecule has 0 atom stereocenters. The van der Waals surface area contributed by atoms with Gasteiger partial charge in [-0.2, -0.15) is 4.31 Å². The van der Waals surface area contributed by atoms with Gasteiger partial charge in [0.15, 0.2) is 5.11 Å². The number of nitrogens with one attached hydrogen (secondary N) is 3. The lowest BCUT2D eigenvalue weighted by atomic mass is 10.1. The lowest BCUT2D eigenvalue weighted by Gasteiger charge is -2.26. The summed E-state index contributed by atoms with van der Waals surface area (Å²) in [4.78, 5) is 12.7. The van der Waals surface area contributed by atoms with E-state index >= 15 is 0 Å². The highest BCUT2D eigenvalue weighted by Crippen LogP contribution is 2.22. The molecule has 1 aromatic rings. The van der Waals surface area contributed by atoms with Gasteiger partial charge in [0.2, 0.25) is 10.0 Å². The zero-order valence-electron chi connectivity index (χ0n) is 16.7. The summed E-state index contributed by atoms with van der Waals surface area (Å²) in [5.41, 5.74) is 6.19. The van der Waals surface area contributed by atoms with Gasteiger partial charge < -0.3 is 5.32 Å². The van der Waals surface area contributed by atoms with E-state index in [-0.39, 0.29) is 4.90 Å². The van der Waals surface area contributed by atoms with Crippen molar-refractivity contribution < 1.29 is 13.2 Å². The van der Waals surface area contributed by atoms with Crippen LogP contribution in [0, 0.1) is 12.8 Å². The van der Waals surface area contributed by atoms with Gasteiger partial charge in [-0.05, 0) is 62.0 Å². The number of rotatable bonds is 6. The van der Waals surface area contributed by atoms with Crippen LogP contribution in [0.1, 0.15) is 55.5 Å². The first-order valence-corrected chi connectivity index (χ1v) is 11.5. The van der Waals surface area contributed by atoms with Crippen molar-refractivity contribution in [3.8, 4) is 0 Å². The van der Waals surface area contributed by atoms with E-state index in [9.17, 15) is 13.2 Å². The quantitative estimate of drug-likeness (QED) is 0.478. The van der Waals surface area contributed by atoms with E-state index in [1.54, 1.807) is 19.1 Å². The molecule has 1 heterocycles. The zero-order valence-corrected chi connectivity index (χ0v) is 18.4. The number of piperidine rings is 1. The van der Waals surface area contributed by atoms with Crippen LogP contribution in [0.4, 0.5) is 0 Å². The molecule has 1 aliphatic rings. The molecule has 7 nitrogen and oxygen atoms in total. The Balaban J connectivity index is 2.04. The van der Waals surface area contributed by atoms with Crippen molar-refractivity contribution in [2.45, 2.75) is 51.3 Å². The molecule has 0 saturated carbocycles. The highest BCUT2D eigenvalue weighted by atomic mass is 32.2. The summed E-state index contributed by atoms with van der Waals surface area (Å²) in [7, 11) is -3.59. The lowest BCUT2D eigenvalue weighted by Crippen LogP contribution is -2.47. The van der Waals surface area contributed by atoms with Crippen molar-refractivity contribution in [2.75, 3.05) is 19.6 Å².